The van der Waals surface area contributed by atoms with Gasteiger partial charge in [0.1, 0.15) is 11.5 Å². The Hall–Kier alpha value is -4.24. The lowest BCUT2D eigenvalue weighted by atomic mass is 10.2. The van der Waals surface area contributed by atoms with Gasteiger partial charge in [0.2, 0.25) is 0 Å². The molecule has 2 N–H and O–H groups in total. The lowest BCUT2D eigenvalue weighted by Crippen LogP contribution is -2.32. The second kappa shape index (κ2) is 12.1. The van der Waals surface area contributed by atoms with Gasteiger partial charge < -0.3 is 14.8 Å². The van der Waals surface area contributed by atoms with Crippen LogP contribution in [0.5, 0.6) is 11.5 Å². The van der Waals surface area contributed by atoms with Gasteiger partial charge >= 0.3 is 17.8 Å². The lowest BCUT2D eigenvalue weighted by Gasteiger charge is -2.09. The smallest absolute Gasteiger partial charge is 0.336 e. The van der Waals surface area contributed by atoms with E-state index in [9.17, 15) is 14.4 Å². The third-order valence-corrected chi connectivity index (χ3v) is 4.82. The number of anilines is 1. The number of para-hydroxylation sites is 2. The summed E-state index contributed by atoms with van der Waals surface area (Å²) in [6, 6.07) is 20.9. The molecular formula is C25H20BrN3O5. The molecular weight excluding hydrogens is 502 g/mol. The Labute approximate surface area is 204 Å². The number of ether oxygens (including phenoxy) is 2. The second-order valence-electron chi connectivity index (χ2n) is 6.70. The van der Waals surface area contributed by atoms with E-state index < -0.39 is 17.8 Å². The number of hydrogen-bond donors (Lipinski definition) is 2. The number of rotatable bonds is 7. The molecule has 8 nitrogen and oxygen atoms in total. The van der Waals surface area contributed by atoms with Crippen molar-refractivity contribution in [3.8, 4) is 11.5 Å². The molecule has 0 saturated heterocycles. The molecule has 0 heterocycles. The fourth-order valence-corrected chi connectivity index (χ4v) is 3.10. The van der Waals surface area contributed by atoms with Gasteiger partial charge in [0, 0.05) is 16.1 Å². The minimum atomic E-state index is -0.985. The summed E-state index contributed by atoms with van der Waals surface area (Å²) in [5, 5.41) is 6.25. The van der Waals surface area contributed by atoms with E-state index in [1.807, 2.05) is 30.3 Å². The summed E-state index contributed by atoms with van der Waals surface area (Å²) in [6.07, 6.45) is 4.21. The third kappa shape index (κ3) is 7.14. The zero-order valence-electron chi connectivity index (χ0n) is 18.0. The first kappa shape index (κ1) is 24.4. The van der Waals surface area contributed by atoms with E-state index in [-0.39, 0.29) is 5.75 Å². The van der Waals surface area contributed by atoms with Gasteiger partial charge in [-0.1, -0.05) is 58.4 Å². The molecule has 0 unspecified atom stereocenters. The van der Waals surface area contributed by atoms with Crippen LogP contribution in [0.1, 0.15) is 11.1 Å². The van der Waals surface area contributed by atoms with Gasteiger partial charge in [-0.05, 0) is 42.0 Å². The normalized spacial score (nSPS) is 10.8. The number of benzene rings is 3. The SMILES string of the molecule is COc1ccccc1NC(=O)C(=O)N/N=C/c1cc(Br)ccc1OC(=O)/C=C/c1ccccc1. The van der Waals surface area contributed by atoms with Gasteiger partial charge in [0.15, 0.2) is 0 Å². The van der Waals surface area contributed by atoms with Crippen molar-refractivity contribution >= 4 is 51.7 Å². The van der Waals surface area contributed by atoms with Crippen molar-refractivity contribution in [2.75, 3.05) is 12.4 Å². The highest BCUT2D eigenvalue weighted by Gasteiger charge is 2.15. The standard InChI is InChI=1S/C25H20BrN3O5/c1-33-22-10-6-5-9-20(22)28-24(31)25(32)29-27-16-18-15-19(26)12-13-21(18)34-23(30)14-11-17-7-3-2-4-8-17/h2-16H,1H3,(H,28,31)(H,29,32)/b14-11+,27-16+. The topological polar surface area (TPSA) is 106 Å². The maximum atomic E-state index is 12.2. The number of carbonyl (C=O) groups excluding carboxylic acids is 3. The number of carbonyl (C=O) groups is 3. The number of halogens is 1. The van der Waals surface area contributed by atoms with Gasteiger partial charge in [-0.3, -0.25) is 9.59 Å². The van der Waals surface area contributed by atoms with Gasteiger partial charge in [0.25, 0.3) is 0 Å². The van der Waals surface area contributed by atoms with Crippen molar-refractivity contribution in [3.63, 3.8) is 0 Å². The van der Waals surface area contributed by atoms with E-state index in [1.165, 1.54) is 19.4 Å². The molecule has 0 saturated carbocycles. The highest BCUT2D eigenvalue weighted by Crippen LogP contribution is 2.23. The van der Waals surface area contributed by atoms with Crippen molar-refractivity contribution in [1.29, 1.82) is 0 Å². The highest BCUT2D eigenvalue weighted by molar-refractivity contribution is 9.10. The number of nitrogens with one attached hydrogen (secondary N) is 2. The van der Waals surface area contributed by atoms with Crippen LogP contribution in [0.25, 0.3) is 6.08 Å². The van der Waals surface area contributed by atoms with Crippen LogP contribution in [-0.4, -0.2) is 31.1 Å². The number of amides is 2. The first-order valence-corrected chi connectivity index (χ1v) is 10.8. The molecule has 0 spiro atoms. The van der Waals surface area contributed by atoms with Gasteiger partial charge in [-0.25, -0.2) is 10.2 Å². The number of esters is 1. The van der Waals surface area contributed by atoms with Crippen LogP contribution >= 0.6 is 15.9 Å². The highest BCUT2D eigenvalue weighted by atomic mass is 79.9. The van der Waals surface area contributed by atoms with Crippen LogP contribution in [-0.2, 0) is 14.4 Å². The molecule has 0 aliphatic rings. The Morgan fingerprint density at radius 1 is 0.912 bits per heavy atom. The summed E-state index contributed by atoms with van der Waals surface area (Å²) in [4.78, 5) is 36.5. The number of hydrogen-bond acceptors (Lipinski definition) is 6. The van der Waals surface area contributed by atoms with Crippen LogP contribution in [0.2, 0.25) is 0 Å². The molecule has 3 rings (SSSR count). The largest absolute Gasteiger partial charge is 0.495 e. The minimum Gasteiger partial charge on any atom is -0.495 e. The Morgan fingerprint density at radius 3 is 2.41 bits per heavy atom. The molecule has 172 valence electrons. The van der Waals surface area contributed by atoms with E-state index in [2.05, 4.69) is 31.8 Å². The number of methoxy groups -OCH3 is 1. The molecule has 3 aromatic carbocycles. The van der Waals surface area contributed by atoms with Crippen LogP contribution in [0.3, 0.4) is 0 Å². The van der Waals surface area contributed by atoms with E-state index >= 15 is 0 Å². The van der Waals surface area contributed by atoms with E-state index in [4.69, 9.17) is 9.47 Å². The van der Waals surface area contributed by atoms with E-state index in [1.54, 1.807) is 48.5 Å². The predicted molar refractivity (Wildman–Crippen MR) is 133 cm³/mol. The number of hydrazone groups is 1. The number of nitrogens with zero attached hydrogens (tertiary/aromatic N) is 1. The van der Waals surface area contributed by atoms with Crippen molar-refractivity contribution < 1.29 is 23.9 Å². The van der Waals surface area contributed by atoms with E-state index in [0.717, 1.165) is 5.56 Å². The summed E-state index contributed by atoms with van der Waals surface area (Å²) in [5.41, 5.74) is 3.75. The fraction of sp³-hybridized carbons (Fsp3) is 0.0400. The Balaban J connectivity index is 1.63. The van der Waals surface area contributed by atoms with Crippen LogP contribution < -0.4 is 20.2 Å². The quantitative estimate of drug-likeness (QED) is 0.121. The first-order chi connectivity index (χ1) is 16.5. The Bertz CT molecular complexity index is 1240. The van der Waals surface area contributed by atoms with Crippen LogP contribution in [0.4, 0.5) is 5.69 Å². The average molecular weight is 522 g/mol. The molecule has 9 heteroatoms. The van der Waals surface area contributed by atoms with Crippen molar-refractivity contribution in [1.82, 2.24) is 5.43 Å². The minimum absolute atomic E-state index is 0.224. The molecule has 0 fully saturated rings. The van der Waals surface area contributed by atoms with Gasteiger partial charge in [0.05, 0.1) is 19.0 Å². The van der Waals surface area contributed by atoms with Crippen molar-refractivity contribution in [3.05, 3.63) is 94.5 Å². The second-order valence-corrected chi connectivity index (χ2v) is 7.62. The Morgan fingerprint density at radius 2 is 1.65 bits per heavy atom. The zero-order valence-corrected chi connectivity index (χ0v) is 19.6. The Kier molecular flexibility index (Phi) is 8.70. The summed E-state index contributed by atoms with van der Waals surface area (Å²) >= 11 is 3.34. The first-order valence-electron chi connectivity index (χ1n) is 9.98. The van der Waals surface area contributed by atoms with Crippen LogP contribution in [0.15, 0.2) is 88.4 Å². The maximum Gasteiger partial charge on any atom is 0.336 e. The average Bonchev–Trinajstić information content (AvgIpc) is 2.85. The summed E-state index contributed by atoms with van der Waals surface area (Å²) in [7, 11) is 1.45. The predicted octanol–water partition coefficient (Wildman–Crippen LogP) is 4.17. The summed E-state index contributed by atoms with van der Waals surface area (Å²) in [5.74, 6) is -1.85. The van der Waals surface area contributed by atoms with Crippen molar-refractivity contribution in [2.45, 2.75) is 0 Å². The third-order valence-electron chi connectivity index (χ3n) is 4.32. The summed E-state index contributed by atoms with van der Waals surface area (Å²) in [6.45, 7) is 0. The zero-order chi connectivity index (χ0) is 24.3. The summed E-state index contributed by atoms with van der Waals surface area (Å²) < 4.78 is 11.2. The molecule has 0 radical (unpaired) electrons. The molecule has 34 heavy (non-hydrogen) atoms. The lowest BCUT2D eigenvalue weighted by molar-refractivity contribution is -0.136. The molecule has 0 aliphatic carbocycles. The fourth-order valence-electron chi connectivity index (χ4n) is 2.72. The van der Waals surface area contributed by atoms with Gasteiger partial charge in [-0.15, -0.1) is 0 Å². The molecule has 0 aliphatic heterocycles. The molecule has 3 aromatic rings. The maximum absolute atomic E-state index is 12.2. The molecule has 0 bridgehead atoms. The molecule has 0 aromatic heterocycles. The monoisotopic (exact) mass is 521 g/mol. The molecule has 2 amide bonds. The molecule has 0 atom stereocenters. The van der Waals surface area contributed by atoms with E-state index in [0.29, 0.717) is 21.5 Å². The van der Waals surface area contributed by atoms with Crippen LogP contribution in [0, 0.1) is 0 Å². The van der Waals surface area contributed by atoms with Gasteiger partial charge in [-0.2, -0.15) is 5.10 Å². The van der Waals surface area contributed by atoms with Crippen molar-refractivity contribution in [2.24, 2.45) is 5.10 Å².